The van der Waals surface area contributed by atoms with E-state index in [1.54, 1.807) is 12.1 Å². The van der Waals surface area contributed by atoms with Crippen molar-refractivity contribution in [3.8, 4) is 23.0 Å². The highest BCUT2D eigenvalue weighted by Gasteiger charge is 2.06. The summed E-state index contributed by atoms with van der Waals surface area (Å²) >= 11 is 0. The Balaban J connectivity index is 1.32. The summed E-state index contributed by atoms with van der Waals surface area (Å²) in [6, 6.07) is 9.18. The summed E-state index contributed by atoms with van der Waals surface area (Å²) in [5.74, 6) is -0.729. The van der Waals surface area contributed by atoms with Crippen LogP contribution in [0.15, 0.2) is 36.4 Å². The molecule has 0 atom stereocenters. The number of phenols is 4. The van der Waals surface area contributed by atoms with Crippen molar-refractivity contribution in [2.24, 2.45) is 0 Å². The predicted molar refractivity (Wildman–Crippen MR) is 146 cm³/mol. The maximum Gasteiger partial charge on any atom is 0.220 e. The van der Waals surface area contributed by atoms with Crippen LogP contribution in [-0.4, -0.2) is 71.5 Å². The van der Waals surface area contributed by atoms with E-state index >= 15 is 0 Å². The Morgan fingerprint density at radius 3 is 1.32 bits per heavy atom. The molecule has 0 aliphatic rings. The SMILES string of the molecule is O=C(CCc1ccc(O)c(O)c1)NCCCNCCCCNCCCNC(=O)CCc1ccc(O)c(O)c1. The van der Waals surface area contributed by atoms with Crippen molar-refractivity contribution in [3.05, 3.63) is 47.5 Å². The second kappa shape index (κ2) is 17.9. The molecule has 8 N–H and O–H groups in total. The van der Waals surface area contributed by atoms with Crippen LogP contribution in [0, 0.1) is 0 Å². The summed E-state index contributed by atoms with van der Waals surface area (Å²) in [4.78, 5) is 23.8. The highest BCUT2D eigenvalue weighted by Crippen LogP contribution is 2.26. The van der Waals surface area contributed by atoms with Gasteiger partial charge in [0.15, 0.2) is 23.0 Å². The summed E-state index contributed by atoms with van der Waals surface area (Å²) in [5.41, 5.74) is 1.61. The van der Waals surface area contributed by atoms with E-state index in [2.05, 4.69) is 21.3 Å². The lowest BCUT2D eigenvalue weighted by molar-refractivity contribution is -0.121. The number of hydrogen-bond donors (Lipinski definition) is 8. The van der Waals surface area contributed by atoms with Gasteiger partial charge in [-0.15, -0.1) is 0 Å². The molecule has 210 valence electrons. The van der Waals surface area contributed by atoms with Crippen LogP contribution in [-0.2, 0) is 22.4 Å². The molecule has 2 aromatic rings. The molecule has 0 aliphatic carbocycles. The first-order valence-electron chi connectivity index (χ1n) is 13.3. The number of benzene rings is 2. The van der Waals surface area contributed by atoms with E-state index in [0.29, 0.717) is 38.8 Å². The smallest absolute Gasteiger partial charge is 0.220 e. The standard InChI is InChI=1S/C28H42N4O6/c33-23-9-5-21(19-25(23)35)7-11-27(37)31-17-3-15-29-13-1-2-14-30-16-4-18-32-28(38)12-8-22-6-10-24(34)26(36)20-22/h5-6,9-10,19-20,29-30,33-36H,1-4,7-8,11-18H2,(H,31,37)(H,32,38). The number of hydrogen-bond acceptors (Lipinski definition) is 8. The Hall–Kier alpha value is -3.50. The largest absolute Gasteiger partial charge is 0.504 e. The van der Waals surface area contributed by atoms with Crippen molar-refractivity contribution in [2.75, 3.05) is 39.3 Å². The van der Waals surface area contributed by atoms with E-state index in [4.69, 9.17) is 0 Å². The minimum atomic E-state index is -0.172. The zero-order chi connectivity index (χ0) is 27.6. The predicted octanol–water partition coefficient (Wildman–Crippen LogP) is 2.05. The van der Waals surface area contributed by atoms with Crippen molar-refractivity contribution >= 4 is 11.8 Å². The second-order valence-electron chi connectivity index (χ2n) is 9.26. The Morgan fingerprint density at radius 1 is 0.526 bits per heavy atom. The molecule has 0 spiro atoms. The molecule has 10 nitrogen and oxygen atoms in total. The van der Waals surface area contributed by atoms with Crippen LogP contribution in [0.1, 0.15) is 49.7 Å². The van der Waals surface area contributed by atoms with Gasteiger partial charge >= 0.3 is 0 Å². The van der Waals surface area contributed by atoms with Gasteiger partial charge in [-0.2, -0.15) is 0 Å². The number of aromatic hydroxyl groups is 4. The van der Waals surface area contributed by atoms with Crippen molar-refractivity contribution in [2.45, 2.75) is 51.4 Å². The molecule has 2 aromatic carbocycles. The van der Waals surface area contributed by atoms with Crippen LogP contribution in [0.5, 0.6) is 23.0 Å². The molecule has 10 heteroatoms. The van der Waals surface area contributed by atoms with Gasteiger partial charge in [0.25, 0.3) is 0 Å². The molecule has 0 saturated heterocycles. The molecule has 0 aliphatic heterocycles. The first-order valence-corrected chi connectivity index (χ1v) is 13.3. The molecule has 2 amide bonds. The number of rotatable bonds is 19. The lowest BCUT2D eigenvalue weighted by atomic mass is 10.1. The third kappa shape index (κ3) is 13.2. The van der Waals surface area contributed by atoms with E-state index in [9.17, 15) is 30.0 Å². The van der Waals surface area contributed by atoms with Crippen LogP contribution < -0.4 is 21.3 Å². The normalized spacial score (nSPS) is 10.8. The monoisotopic (exact) mass is 530 g/mol. The van der Waals surface area contributed by atoms with Crippen LogP contribution in [0.25, 0.3) is 0 Å². The van der Waals surface area contributed by atoms with E-state index in [0.717, 1.165) is 63.0 Å². The molecule has 0 radical (unpaired) electrons. The summed E-state index contributed by atoms with van der Waals surface area (Å²) in [5, 5.41) is 50.2. The van der Waals surface area contributed by atoms with Crippen LogP contribution in [0.4, 0.5) is 0 Å². The lowest BCUT2D eigenvalue weighted by Crippen LogP contribution is -2.28. The van der Waals surface area contributed by atoms with Crippen LogP contribution in [0.3, 0.4) is 0 Å². The summed E-state index contributed by atoms with van der Waals surface area (Å²) in [6.45, 7) is 4.76. The van der Waals surface area contributed by atoms with Gasteiger partial charge < -0.3 is 41.7 Å². The molecular formula is C28H42N4O6. The molecule has 0 heterocycles. The lowest BCUT2D eigenvalue weighted by Gasteiger charge is -2.08. The van der Waals surface area contributed by atoms with Gasteiger partial charge in [-0.1, -0.05) is 12.1 Å². The Kier molecular flexibility index (Phi) is 14.4. The van der Waals surface area contributed by atoms with E-state index < -0.39 is 0 Å². The van der Waals surface area contributed by atoms with Gasteiger partial charge in [0.1, 0.15) is 0 Å². The average Bonchev–Trinajstić information content (AvgIpc) is 2.90. The number of aryl methyl sites for hydroxylation is 2. The molecule has 0 unspecified atom stereocenters. The molecule has 0 saturated carbocycles. The van der Waals surface area contributed by atoms with Gasteiger partial charge in [-0.25, -0.2) is 0 Å². The number of amides is 2. The average molecular weight is 531 g/mol. The molecule has 0 fully saturated rings. The van der Waals surface area contributed by atoms with Crippen LogP contribution in [0.2, 0.25) is 0 Å². The minimum absolute atomic E-state index is 0.0292. The molecule has 38 heavy (non-hydrogen) atoms. The molecule has 0 bridgehead atoms. The first-order chi connectivity index (χ1) is 18.3. The Morgan fingerprint density at radius 2 is 0.921 bits per heavy atom. The summed E-state index contributed by atoms with van der Waals surface area (Å²) in [6.07, 6.45) is 5.52. The number of carbonyl (C=O) groups is 2. The number of carbonyl (C=O) groups excluding carboxylic acids is 2. The number of phenolic OH excluding ortho intramolecular Hbond substituents is 4. The van der Waals surface area contributed by atoms with Crippen molar-refractivity contribution in [3.63, 3.8) is 0 Å². The second-order valence-corrected chi connectivity index (χ2v) is 9.26. The van der Waals surface area contributed by atoms with Crippen molar-refractivity contribution < 1.29 is 30.0 Å². The summed E-state index contributed by atoms with van der Waals surface area (Å²) < 4.78 is 0. The first kappa shape index (κ1) is 30.7. The zero-order valence-corrected chi connectivity index (χ0v) is 22.0. The zero-order valence-electron chi connectivity index (χ0n) is 22.0. The topological polar surface area (TPSA) is 163 Å². The van der Waals surface area contributed by atoms with Gasteiger partial charge in [0.2, 0.25) is 11.8 Å². The Bertz CT molecular complexity index is 922. The van der Waals surface area contributed by atoms with Crippen molar-refractivity contribution in [1.29, 1.82) is 0 Å². The Labute approximate surface area is 224 Å². The number of nitrogens with one attached hydrogen (secondary N) is 4. The fourth-order valence-electron chi connectivity index (χ4n) is 3.77. The van der Waals surface area contributed by atoms with E-state index in [1.807, 2.05) is 0 Å². The summed E-state index contributed by atoms with van der Waals surface area (Å²) in [7, 11) is 0. The van der Waals surface area contributed by atoms with E-state index in [1.165, 1.54) is 24.3 Å². The van der Waals surface area contributed by atoms with Gasteiger partial charge in [-0.05, 0) is 100 Å². The highest BCUT2D eigenvalue weighted by atomic mass is 16.3. The third-order valence-electron chi connectivity index (χ3n) is 6.02. The fraction of sp³-hybridized carbons (Fsp3) is 0.500. The van der Waals surface area contributed by atoms with Gasteiger partial charge in [0, 0.05) is 25.9 Å². The number of unbranched alkanes of at least 4 members (excludes halogenated alkanes) is 1. The minimum Gasteiger partial charge on any atom is -0.504 e. The third-order valence-corrected chi connectivity index (χ3v) is 6.02. The molecule has 0 aromatic heterocycles. The highest BCUT2D eigenvalue weighted by molar-refractivity contribution is 5.76. The van der Waals surface area contributed by atoms with Crippen LogP contribution >= 0.6 is 0 Å². The molecule has 2 rings (SSSR count). The fourth-order valence-corrected chi connectivity index (χ4v) is 3.77. The quantitative estimate of drug-likeness (QED) is 0.101. The maximum atomic E-state index is 11.9. The van der Waals surface area contributed by atoms with Gasteiger partial charge in [-0.3, -0.25) is 9.59 Å². The van der Waals surface area contributed by atoms with Gasteiger partial charge in [0.05, 0.1) is 0 Å². The van der Waals surface area contributed by atoms with E-state index in [-0.39, 0.29) is 34.8 Å². The molecular weight excluding hydrogens is 488 g/mol. The maximum absolute atomic E-state index is 11.9. The van der Waals surface area contributed by atoms with Crippen molar-refractivity contribution in [1.82, 2.24) is 21.3 Å².